The quantitative estimate of drug-likeness (QED) is 0.722. The minimum atomic E-state index is 0.0530. The van der Waals surface area contributed by atoms with Crippen LogP contribution in [-0.2, 0) is 6.54 Å². The zero-order valence-electron chi connectivity index (χ0n) is 13.7. The summed E-state index contributed by atoms with van der Waals surface area (Å²) in [7, 11) is 0. The number of hydrogen-bond acceptors (Lipinski definition) is 7. The highest BCUT2D eigenvalue weighted by molar-refractivity contribution is 5.52. The van der Waals surface area contributed by atoms with Crippen LogP contribution in [0.3, 0.4) is 0 Å². The van der Waals surface area contributed by atoms with Crippen molar-refractivity contribution >= 4 is 17.6 Å². The summed E-state index contributed by atoms with van der Waals surface area (Å²) in [4.78, 5) is 13.2. The van der Waals surface area contributed by atoms with Gasteiger partial charge in [-0.3, -0.25) is 4.90 Å². The maximum atomic E-state index is 8.91. The minimum absolute atomic E-state index is 0.0530. The Morgan fingerprint density at radius 3 is 2.54 bits per heavy atom. The van der Waals surface area contributed by atoms with E-state index in [1.165, 1.54) is 5.56 Å². The van der Waals surface area contributed by atoms with Crippen LogP contribution in [-0.4, -0.2) is 59.3 Å². The van der Waals surface area contributed by atoms with Gasteiger partial charge in [-0.2, -0.15) is 9.97 Å². The third kappa shape index (κ3) is 4.33. The van der Waals surface area contributed by atoms with Gasteiger partial charge < -0.3 is 21.1 Å². The molecule has 128 valence electrons. The summed E-state index contributed by atoms with van der Waals surface area (Å²) >= 11 is 0. The first kappa shape index (κ1) is 16.5. The van der Waals surface area contributed by atoms with Crippen LogP contribution in [0.1, 0.15) is 5.56 Å². The Balaban J connectivity index is 1.59. The molecule has 0 radical (unpaired) electrons. The molecular formula is C17H24N6O. The molecule has 1 aromatic heterocycles. The van der Waals surface area contributed by atoms with Crippen LogP contribution < -0.4 is 16.0 Å². The molecule has 1 saturated heterocycles. The molecule has 0 atom stereocenters. The van der Waals surface area contributed by atoms with Gasteiger partial charge in [0.2, 0.25) is 5.95 Å². The Morgan fingerprint density at radius 1 is 1.08 bits per heavy atom. The molecule has 0 amide bonds. The predicted molar refractivity (Wildman–Crippen MR) is 96.0 cm³/mol. The van der Waals surface area contributed by atoms with Crippen LogP contribution in [0, 0.1) is 0 Å². The lowest BCUT2D eigenvalue weighted by Crippen LogP contribution is -2.46. The molecule has 2 heterocycles. The number of benzene rings is 1. The fourth-order valence-corrected chi connectivity index (χ4v) is 2.87. The van der Waals surface area contributed by atoms with Gasteiger partial charge in [0.1, 0.15) is 11.6 Å². The van der Waals surface area contributed by atoms with Crippen molar-refractivity contribution in [1.29, 1.82) is 0 Å². The van der Waals surface area contributed by atoms with Gasteiger partial charge in [0, 0.05) is 45.3 Å². The van der Waals surface area contributed by atoms with Gasteiger partial charge in [-0.15, -0.1) is 0 Å². The average Bonchev–Trinajstić information content (AvgIpc) is 2.61. The number of aliphatic hydroxyl groups is 1. The number of nitrogens with two attached hydrogens (primary N) is 1. The normalized spacial score (nSPS) is 15.5. The molecule has 0 unspecified atom stereocenters. The van der Waals surface area contributed by atoms with Gasteiger partial charge in [0.25, 0.3) is 0 Å². The lowest BCUT2D eigenvalue weighted by atomic mass is 10.2. The first-order valence-electron chi connectivity index (χ1n) is 8.25. The van der Waals surface area contributed by atoms with Crippen molar-refractivity contribution in [2.75, 3.05) is 55.3 Å². The highest BCUT2D eigenvalue weighted by Gasteiger charge is 2.19. The highest BCUT2D eigenvalue weighted by Crippen LogP contribution is 2.19. The number of nitrogens with zero attached hydrogens (tertiary/aromatic N) is 4. The maximum Gasteiger partial charge on any atom is 0.223 e. The summed E-state index contributed by atoms with van der Waals surface area (Å²) in [5.74, 6) is 1.74. The third-order valence-electron chi connectivity index (χ3n) is 4.09. The number of aromatic nitrogens is 2. The van der Waals surface area contributed by atoms with Gasteiger partial charge in [0.15, 0.2) is 0 Å². The smallest absolute Gasteiger partial charge is 0.223 e. The first-order chi connectivity index (χ1) is 11.7. The number of rotatable bonds is 6. The van der Waals surface area contributed by atoms with Gasteiger partial charge >= 0.3 is 0 Å². The number of hydrogen-bond donors (Lipinski definition) is 3. The minimum Gasteiger partial charge on any atom is -0.395 e. The van der Waals surface area contributed by atoms with Crippen molar-refractivity contribution in [3.05, 3.63) is 42.0 Å². The second kappa shape index (κ2) is 7.94. The Morgan fingerprint density at radius 2 is 1.83 bits per heavy atom. The fraction of sp³-hybridized carbons (Fsp3) is 0.412. The molecule has 7 nitrogen and oxygen atoms in total. The zero-order chi connectivity index (χ0) is 16.8. The van der Waals surface area contributed by atoms with Gasteiger partial charge in [-0.05, 0) is 5.56 Å². The molecule has 0 saturated carbocycles. The van der Waals surface area contributed by atoms with Crippen LogP contribution >= 0.6 is 0 Å². The molecule has 1 aromatic carbocycles. The van der Waals surface area contributed by atoms with Crippen LogP contribution in [0.4, 0.5) is 17.6 Å². The van der Waals surface area contributed by atoms with Crippen molar-refractivity contribution in [3.8, 4) is 0 Å². The molecular weight excluding hydrogens is 304 g/mol. The molecule has 0 aliphatic carbocycles. The lowest BCUT2D eigenvalue weighted by molar-refractivity contribution is 0.249. The highest BCUT2D eigenvalue weighted by atomic mass is 16.3. The maximum absolute atomic E-state index is 8.91. The Kier molecular flexibility index (Phi) is 5.45. The van der Waals surface area contributed by atoms with E-state index in [-0.39, 0.29) is 12.6 Å². The first-order valence-corrected chi connectivity index (χ1v) is 8.25. The molecule has 7 heteroatoms. The van der Waals surface area contributed by atoms with Crippen LogP contribution in [0.5, 0.6) is 0 Å². The van der Waals surface area contributed by atoms with Crippen LogP contribution in [0.15, 0.2) is 36.4 Å². The third-order valence-corrected chi connectivity index (χ3v) is 4.09. The van der Waals surface area contributed by atoms with E-state index in [2.05, 4.69) is 49.4 Å². The van der Waals surface area contributed by atoms with E-state index in [0.29, 0.717) is 12.4 Å². The number of nitrogens with one attached hydrogen (secondary N) is 1. The monoisotopic (exact) mass is 328 g/mol. The van der Waals surface area contributed by atoms with E-state index < -0.39 is 0 Å². The fourth-order valence-electron chi connectivity index (χ4n) is 2.87. The van der Waals surface area contributed by atoms with Crippen molar-refractivity contribution in [2.45, 2.75) is 6.54 Å². The van der Waals surface area contributed by atoms with E-state index in [4.69, 9.17) is 10.8 Å². The molecule has 24 heavy (non-hydrogen) atoms. The Bertz CT molecular complexity index is 643. The Hall–Kier alpha value is -2.38. The molecule has 3 rings (SSSR count). The summed E-state index contributed by atoms with van der Waals surface area (Å²) in [6.45, 7) is 5.25. The number of nitrogen functional groups attached to an aromatic ring is 1. The lowest BCUT2D eigenvalue weighted by Gasteiger charge is -2.35. The number of anilines is 3. The molecule has 0 bridgehead atoms. The number of piperazine rings is 1. The van der Waals surface area contributed by atoms with E-state index in [0.717, 1.165) is 38.5 Å². The van der Waals surface area contributed by atoms with Gasteiger partial charge in [-0.1, -0.05) is 30.3 Å². The second-order valence-corrected chi connectivity index (χ2v) is 5.87. The molecule has 1 fully saturated rings. The van der Waals surface area contributed by atoms with E-state index >= 15 is 0 Å². The summed E-state index contributed by atoms with van der Waals surface area (Å²) < 4.78 is 0. The average molecular weight is 328 g/mol. The molecule has 1 aliphatic rings. The molecule has 2 aromatic rings. The van der Waals surface area contributed by atoms with E-state index in [9.17, 15) is 0 Å². The second-order valence-electron chi connectivity index (χ2n) is 5.87. The van der Waals surface area contributed by atoms with E-state index in [1.807, 2.05) is 12.1 Å². The van der Waals surface area contributed by atoms with E-state index in [1.54, 1.807) is 0 Å². The summed E-state index contributed by atoms with van der Waals surface area (Å²) in [6.07, 6.45) is 0. The summed E-state index contributed by atoms with van der Waals surface area (Å²) in [6, 6.07) is 12.4. The summed E-state index contributed by atoms with van der Waals surface area (Å²) in [5, 5.41) is 11.9. The van der Waals surface area contributed by atoms with Crippen molar-refractivity contribution in [1.82, 2.24) is 14.9 Å². The predicted octanol–water partition coefficient (Wildman–Crippen LogP) is 0.785. The summed E-state index contributed by atoms with van der Waals surface area (Å²) in [5.41, 5.74) is 7.15. The van der Waals surface area contributed by atoms with Crippen molar-refractivity contribution in [2.24, 2.45) is 0 Å². The van der Waals surface area contributed by atoms with Crippen molar-refractivity contribution < 1.29 is 5.11 Å². The molecule has 1 aliphatic heterocycles. The van der Waals surface area contributed by atoms with Gasteiger partial charge in [-0.25, -0.2) is 0 Å². The van der Waals surface area contributed by atoms with Crippen molar-refractivity contribution in [3.63, 3.8) is 0 Å². The molecule has 4 N–H and O–H groups in total. The van der Waals surface area contributed by atoms with Crippen LogP contribution in [0.25, 0.3) is 0 Å². The zero-order valence-corrected chi connectivity index (χ0v) is 13.7. The van der Waals surface area contributed by atoms with Crippen LogP contribution in [0.2, 0.25) is 0 Å². The number of aliphatic hydroxyl groups excluding tert-OH is 1. The Labute approximate surface area is 142 Å². The molecule has 0 spiro atoms. The topological polar surface area (TPSA) is 90.5 Å². The van der Waals surface area contributed by atoms with Gasteiger partial charge in [0.05, 0.1) is 6.61 Å². The largest absolute Gasteiger partial charge is 0.395 e. The standard InChI is InChI=1S/C17H24N6O/c18-17-20-15(19-6-11-24)12-16(21-17)23-9-7-22(8-10-23)13-14-4-2-1-3-5-14/h1-5,12,24H,6-11,13H2,(H3,18,19,20,21). The SMILES string of the molecule is Nc1nc(NCCO)cc(N2CCN(Cc3ccccc3)CC2)n1.